The number of hydrogen-bond acceptors (Lipinski definition) is 10. The summed E-state index contributed by atoms with van der Waals surface area (Å²) in [6.07, 6.45) is 0.635. The van der Waals surface area contributed by atoms with Crippen LogP contribution in [0.3, 0.4) is 0 Å². The number of unbranched alkanes of at least 4 members (excludes halogenated alkanes) is 1. The number of ether oxygens (including phenoxy) is 2. The van der Waals surface area contributed by atoms with Crippen molar-refractivity contribution in [2.24, 2.45) is 22.4 Å². The third kappa shape index (κ3) is 20.5. The Balaban J connectivity index is 5.27. The lowest BCUT2D eigenvalue weighted by molar-refractivity contribution is -0.145. The normalized spacial score (nSPS) is 13.0. The van der Waals surface area contributed by atoms with Crippen molar-refractivity contribution in [2.75, 3.05) is 60.2 Å². The molecule has 3 atom stereocenters. The van der Waals surface area contributed by atoms with E-state index in [1.165, 1.54) is 0 Å². The number of likely N-dealkylation sites (N-methyl/N-ethyl adjacent to an activating group) is 1. The fourth-order valence-electron chi connectivity index (χ4n) is 3.78. The number of carboxylic acid groups (broad SMARTS) is 2. The number of amides is 2. The van der Waals surface area contributed by atoms with Gasteiger partial charge in [-0.05, 0) is 46.3 Å². The predicted molar refractivity (Wildman–Crippen MR) is 155 cm³/mol. The molecule has 0 spiro atoms. The lowest BCUT2D eigenvalue weighted by Gasteiger charge is -2.23. The monoisotopic (exact) mass is 603 g/mol. The topological polar surface area (TPSA) is 257 Å². The van der Waals surface area contributed by atoms with Gasteiger partial charge in [0, 0.05) is 25.9 Å². The van der Waals surface area contributed by atoms with Crippen LogP contribution in [0.25, 0.3) is 0 Å². The summed E-state index contributed by atoms with van der Waals surface area (Å²) in [4.78, 5) is 65.7. The number of Topliss-reactive ketones (excluding diaryl/α,β-unsaturated/α-hetero) is 1. The Labute approximate surface area is 246 Å². The summed E-state index contributed by atoms with van der Waals surface area (Å²) in [6, 6.07) is -2.60. The Morgan fingerprint density at radius 1 is 0.786 bits per heavy atom. The Hall–Kier alpha value is -3.34. The van der Waals surface area contributed by atoms with Crippen molar-refractivity contribution < 1.29 is 43.7 Å². The number of ketones is 1. The van der Waals surface area contributed by atoms with Gasteiger partial charge in [-0.2, -0.15) is 0 Å². The molecule has 0 saturated carbocycles. The number of aliphatic carboxylic acids is 2. The van der Waals surface area contributed by atoms with E-state index in [2.05, 4.69) is 26.3 Å². The van der Waals surface area contributed by atoms with Crippen LogP contribution in [-0.2, 0) is 33.4 Å². The van der Waals surface area contributed by atoms with E-state index >= 15 is 0 Å². The number of carbonyl (C=O) groups excluding carboxylic acids is 3. The zero-order chi connectivity index (χ0) is 31.8. The Bertz CT molecular complexity index is 854. The summed E-state index contributed by atoms with van der Waals surface area (Å²) in [5.74, 6) is -5.69. The standard InChI is InChI=1S/C26H49N7O9/c1-29-9-4-3-6-18(25(39)40)16-21(34)20(17-23(36)37)33-24(38)19(7-5-10-31-26(27)28)32-22(35)8-12-41-14-15-42-13-11-30-2/h18-20,29-30H,3-17H2,1-2H3,(H,32,35)(H,33,38)(H,36,37)(H,39,40)(H4,27,28,31)/t18-,19?,20-/m0/s1. The molecule has 0 fully saturated rings. The maximum Gasteiger partial charge on any atom is 0.306 e. The van der Waals surface area contributed by atoms with Gasteiger partial charge in [0.15, 0.2) is 11.7 Å². The van der Waals surface area contributed by atoms with Crippen molar-refractivity contribution in [2.45, 2.75) is 63.5 Å². The first kappa shape index (κ1) is 38.7. The van der Waals surface area contributed by atoms with Crippen molar-refractivity contribution in [3.8, 4) is 0 Å². The molecule has 0 aliphatic heterocycles. The minimum atomic E-state index is -1.47. The van der Waals surface area contributed by atoms with Gasteiger partial charge < -0.3 is 52.4 Å². The van der Waals surface area contributed by atoms with E-state index in [1.807, 2.05) is 0 Å². The molecule has 0 saturated heterocycles. The molecule has 0 aliphatic rings. The highest BCUT2D eigenvalue weighted by Crippen LogP contribution is 2.16. The molecule has 0 radical (unpaired) electrons. The second-order valence-corrected chi connectivity index (χ2v) is 9.61. The first-order valence-electron chi connectivity index (χ1n) is 14.1. The maximum atomic E-state index is 13.1. The number of guanidine groups is 1. The van der Waals surface area contributed by atoms with Gasteiger partial charge in [0.2, 0.25) is 11.8 Å². The molecule has 0 heterocycles. The van der Waals surface area contributed by atoms with Crippen molar-refractivity contribution in [1.29, 1.82) is 0 Å². The minimum Gasteiger partial charge on any atom is -0.481 e. The maximum absolute atomic E-state index is 13.1. The van der Waals surface area contributed by atoms with Gasteiger partial charge in [0.1, 0.15) is 6.04 Å². The van der Waals surface area contributed by atoms with Crippen LogP contribution in [0.15, 0.2) is 4.99 Å². The number of nitrogens with one attached hydrogen (secondary N) is 4. The number of carbonyl (C=O) groups is 5. The molecule has 2 amide bonds. The number of aliphatic imine (C=N–C) groups is 1. The number of nitrogens with zero attached hydrogens (tertiary/aromatic N) is 1. The van der Waals surface area contributed by atoms with Gasteiger partial charge in [0.05, 0.1) is 44.8 Å². The van der Waals surface area contributed by atoms with Crippen LogP contribution in [0.2, 0.25) is 0 Å². The van der Waals surface area contributed by atoms with E-state index in [0.717, 1.165) is 0 Å². The van der Waals surface area contributed by atoms with Gasteiger partial charge in [-0.3, -0.25) is 29.0 Å². The fraction of sp³-hybridized carbons (Fsp3) is 0.769. The number of nitrogens with two attached hydrogens (primary N) is 2. The zero-order valence-electron chi connectivity index (χ0n) is 24.7. The summed E-state index contributed by atoms with van der Waals surface area (Å²) in [6.45, 7) is 2.80. The Morgan fingerprint density at radius 2 is 1.45 bits per heavy atom. The summed E-state index contributed by atoms with van der Waals surface area (Å²) in [5.41, 5.74) is 10.7. The molecule has 0 aromatic rings. The van der Waals surface area contributed by atoms with Crippen LogP contribution < -0.4 is 32.7 Å². The van der Waals surface area contributed by atoms with E-state index in [4.69, 9.17) is 20.9 Å². The average Bonchev–Trinajstić information content (AvgIpc) is 2.92. The van der Waals surface area contributed by atoms with E-state index in [9.17, 15) is 34.2 Å². The first-order chi connectivity index (χ1) is 20.0. The molecule has 0 bridgehead atoms. The minimum absolute atomic E-state index is 0.0560. The molecule has 0 aliphatic carbocycles. The molecule has 242 valence electrons. The SMILES string of the molecule is CNCCCC[C@@H](CC(=O)[C@H](CC(=O)O)NC(=O)C(CCCN=C(N)N)NC(=O)CCOCCOCCNC)C(=O)O. The largest absolute Gasteiger partial charge is 0.481 e. The van der Waals surface area contributed by atoms with E-state index in [-0.39, 0.29) is 45.0 Å². The highest BCUT2D eigenvalue weighted by Gasteiger charge is 2.31. The molecular formula is C26H49N7O9. The van der Waals surface area contributed by atoms with Gasteiger partial charge in [0.25, 0.3) is 0 Å². The Morgan fingerprint density at radius 3 is 2.05 bits per heavy atom. The van der Waals surface area contributed by atoms with Crippen molar-refractivity contribution in [1.82, 2.24) is 21.3 Å². The third-order valence-electron chi connectivity index (χ3n) is 6.05. The van der Waals surface area contributed by atoms with Crippen LogP contribution in [0, 0.1) is 5.92 Å². The summed E-state index contributed by atoms with van der Waals surface area (Å²) in [7, 11) is 3.58. The van der Waals surface area contributed by atoms with E-state index in [0.29, 0.717) is 45.6 Å². The smallest absolute Gasteiger partial charge is 0.306 e. The van der Waals surface area contributed by atoms with Gasteiger partial charge in [-0.1, -0.05) is 6.42 Å². The van der Waals surface area contributed by atoms with Crippen LogP contribution in [0.4, 0.5) is 0 Å². The second-order valence-electron chi connectivity index (χ2n) is 9.61. The summed E-state index contributed by atoms with van der Waals surface area (Å²) in [5, 5.41) is 29.8. The average molecular weight is 604 g/mol. The van der Waals surface area contributed by atoms with Crippen LogP contribution in [-0.4, -0.2) is 118 Å². The molecular weight excluding hydrogens is 554 g/mol. The molecule has 0 aromatic heterocycles. The molecule has 10 N–H and O–H groups in total. The van der Waals surface area contributed by atoms with Crippen LogP contribution in [0.5, 0.6) is 0 Å². The molecule has 0 rings (SSSR count). The lowest BCUT2D eigenvalue weighted by Crippen LogP contribution is -2.52. The molecule has 42 heavy (non-hydrogen) atoms. The summed E-state index contributed by atoms with van der Waals surface area (Å²) >= 11 is 0. The van der Waals surface area contributed by atoms with Gasteiger partial charge >= 0.3 is 11.9 Å². The first-order valence-corrected chi connectivity index (χ1v) is 14.1. The fourth-order valence-corrected chi connectivity index (χ4v) is 3.78. The summed E-state index contributed by atoms with van der Waals surface area (Å²) < 4.78 is 10.7. The third-order valence-corrected chi connectivity index (χ3v) is 6.05. The van der Waals surface area contributed by atoms with E-state index < -0.39 is 60.4 Å². The second kappa shape index (κ2) is 24.3. The molecule has 1 unspecified atom stereocenters. The van der Waals surface area contributed by atoms with Crippen LogP contribution in [0.1, 0.15) is 51.4 Å². The molecule has 0 aromatic carbocycles. The molecule has 16 heteroatoms. The number of carboxylic acids is 2. The lowest BCUT2D eigenvalue weighted by atomic mass is 9.92. The number of hydrogen-bond donors (Lipinski definition) is 8. The van der Waals surface area contributed by atoms with Crippen LogP contribution >= 0.6 is 0 Å². The highest BCUT2D eigenvalue weighted by molar-refractivity contribution is 5.95. The van der Waals surface area contributed by atoms with Gasteiger partial charge in [-0.15, -0.1) is 0 Å². The highest BCUT2D eigenvalue weighted by atomic mass is 16.5. The zero-order valence-corrected chi connectivity index (χ0v) is 24.7. The molecule has 16 nitrogen and oxygen atoms in total. The Kier molecular flexibility index (Phi) is 22.3. The predicted octanol–water partition coefficient (Wildman–Crippen LogP) is -1.82. The van der Waals surface area contributed by atoms with Crippen molar-refractivity contribution >= 4 is 35.5 Å². The quantitative estimate of drug-likeness (QED) is 0.0292. The van der Waals surface area contributed by atoms with Gasteiger partial charge in [-0.25, -0.2) is 0 Å². The number of rotatable bonds is 27. The van der Waals surface area contributed by atoms with Crippen molar-refractivity contribution in [3.05, 3.63) is 0 Å². The van der Waals surface area contributed by atoms with Crippen molar-refractivity contribution in [3.63, 3.8) is 0 Å². The van der Waals surface area contributed by atoms with E-state index in [1.54, 1.807) is 14.1 Å².